The Morgan fingerprint density at radius 1 is 0.349 bits per heavy atom. The minimum Gasteiger partial charge on any atom is -0.307 e. The summed E-state index contributed by atoms with van der Waals surface area (Å²) in [5, 5.41) is 5.32. The van der Waals surface area contributed by atoms with E-state index in [2.05, 4.69) is 217 Å². The Hall–Kier alpha value is -6.20. The molecule has 0 aliphatic carbocycles. The predicted octanol–water partition coefficient (Wildman–Crippen LogP) is 13.8. The van der Waals surface area contributed by atoms with Gasteiger partial charge in [-0.05, 0) is 133 Å². The minimum atomic E-state index is -0.0479. The SMILES string of the molecule is CC(C)(C)c1ccc2c(c1)c1cc(C(C)(C)C)cc3c1n2-c1cccc2c1N3c1cccc3c1B2c1cccc2c1N3c1cc(C(C)(C)C)cc3c4cc(C(C)(C)C)ccc4n-2c13. The van der Waals surface area contributed by atoms with Gasteiger partial charge in [-0.25, -0.2) is 0 Å². The Bertz CT molecular complexity index is 3340. The van der Waals surface area contributed by atoms with Crippen LogP contribution in [0.1, 0.15) is 105 Å². The first kappa shape index (κ1) is 37.4. The fraction of sp³-hybridized carbons (Fsp3) is 0.276. The first-order valence-electron chi connectivity index (χ1n) is 23.1. The Balaban J connectivity index is 1.16. The number of para-hydroxylation sites is 2. The van der Waals surface area contributed by atoms with Crippen LogP contribution in [0.4, 0.5) is 34.1 Å². The largest absolute Gasteiger partial charge is 0.307 e. The van der Waals surface area contributed by atoms with E-state index in [4.69, 9.17) is 0 Å². The van der Waals surface area contributed by atoms with Gasteiger partial charge in [0.15, 0.2) is 0 Å². The molecule has 2 aromatic heterocycles. The monoisotopic (exact) mass is 818 g/mol. The van der Waals surface area contributed by atoms with Crippen molar-refractivity contribution >= 4 is 101 Å². The number of anilines is 6. The van der Waals surface area contributed by atoms with E-state index >= 15 is 0 Å². The van der Waals surface area contributed by atoms with Crippen molar-refractivity contribution < 1.29 is 0 Å². The van der Waals surface area contributed by atoms with Crippen LogP contribution in [0.2, 0.25) is 0 Å². The quantitative estimate of drug-likeness (QED) is 0.142. The van der Waals surface area contributed by atoms with Gasteiger partial charge in [-0.15, -0.1) is 0 Å². The van der Waals surface area contributed by atoms with Crippen LogP contribution in [0.15, 0.2) is 115 Å². The number of rotatable bonds is 0. The molecule has 0 unspecified atom stereocenters. The molecule has 5 heteroatoms. The third-order valence-corrected chi connectivity index (χ3v) is 15.1. The Morgan fingerprint density at radius 3 is 1.11 bits per heavy atom. The number of fused-ring (bicyclic) bond motifs is 14. The van der Waals surface area contributed by atoms with Gasteiger partial charge < -0.3 is 18.9 Å². The summed E-state index contributed by atoms with van der Waals surface area (Å²) in [6.45, 7) is 28.2. The van der Waals surface area contributed by atoms with E-state index in [1.807, 2.05) is 0 Å². The molecular formula is C58H55BN4. The van der Waals surface area contributed by atoms with Gasteiger partial charge in [0.1, 0.15) is 0 Å². The molecule has 0 bridgehead atoms. The molecule has 4 aliphatic rings. The first-order chi connectivity index (χ1) is 29.8. The lowest BCUT2D eigenvalue weighted by Crippen LogP contribution is -2.62. The van der Waals surface area contributed by atoms with Crippen LogP contribution in [0.25, 0.3) is 55.0 Å². The van der Waals surface area contributed by atoms with Crippen LogP contribution in [0, 0.1) is 0 Å². The maximum atomic E-state index is 2.66. The van der Waals surface area contributed by atoms with E-state index in [1.54, 1.807) is 0 Å². The molecule has 0 radical (unpaired) electrons. The lowest BCUT2D eigenvalue weighted by Gasteiger charge is -2.47. The molecule has 7 aromatic carbocycles. The normalized spacial score (nSPS) is 14.9. The summed E-state index contributed by atoms with van der Waals surface area (Å²) in [7, 11) is 0. The molecule has 0 saturated carbocycles. The summed E-state index contributed by atoms with van der Waals surface area (Å²) in [4.78, 5) is 5.32. The molecule has 0 spiro atoms. The topological polar surface area (TPSA) is 16.3 Å². The highest BCUT2D eigenvalue weighted by Gasteiger charge is 2.48. The molecule has 4 nitrogen and oxygen atoms in total. The van der Waals surface area contributed by atoms with Gasteiger partial charge in [0, 0.05) is 32.9 Å². The van der Waals surface area contributed by atoms with Crippen LogP contribution in [-0.4, -0.2) is 15.8 Å². The fourth-order valence-corrected chi connectivity index (χ4v) is 11.8. The van der Waals surface area contributed by atoms with Gasteiger partial charge in [-0.1, -0.05) is 126 Å². The summed E-state index contributed by atoms with van der Waals surface area (Å²) in [6.07, 6.45) is 0. The van der Waals surface area contributed by atoms with E-state index in [0.29, 0.717) is 0 Å². The van der Waals surface area contributed by atoms with Gasteiger partial charge in [0.25, 0.3) is 6.71 Å². The smallest absolute Gasteiger partial charge is 0.252 e. The lowest BCUT2D eigenvalue weighted by atomic mass is 9.33. The van der Waals surface area contributed by atoms with Crippen molar-refractivity contribution in [2.75, 3.05) is 9.80 Å². The molecule has 0 atom stereocenters. The van der Waals surface area contributed by atoms with E-state index in [0.717, 1.165) is 0 Å². The molecule has 0 N–H and O–H groups in total. The molecule has 0 saturated heterocycles. The second kappa shape index (κ2) is 11.5. The van der Waals surface area contributed by atoms with Crippen LogP contribution in [0.3, 0.4) is 0 Å². The van der Waals surface area contributed by atoms with E-state index in [9.17, 15) is 0 Å². The highest BCUT2D eigenvalue weighted by Crippen LogP contribution is 2.56. The van der Waals surface area contributed by atoms with E-state index in [-0.39, 0.29) is 28.4 Å². The second-order valence-corrected chi connectivity index (χ2v) is 23.2. The van der Waals surface area contributed by atoms with Crippen molar-refractivity contribution in [2.45, 2.75) is 105 Å². The lowest BCUT2D eigenvalue weighted by molar-refractivity contribution is 0.590. The number of aromatic nitrogens is 2. The van der Waals surface area contributed by atoms with Gasteiger partial charge in [-0.2, -0.15) is 0 Å². The molecule has 63 heavy (non-hydrogen) atoms. The number of hydrogen-bond donors (Lipinski definition) is 0. The summed E-state index contributed by atoms with van der Waals surface area (Å²) in [5.41, 5.74) is 24.8. The maximum absolute atomic E-state index is 2.66. The van der Waals surface area contributed by atoms with Crippen molar-refractivity contribution in [3.63, 3.8) is 0 Å². The summed E-state index contributed by atoms with van der Waals surface area (Å²) < 4.78 is 5.19. The summed E-state index contributed by atoms with van der Waals surface area (Å²) in [6, 6.07) is 45.8. The zero-order chi connectivity index (χ0) is 43.6. The highest BCUT2D eigenvalue weighted by molar-refractivity contribution is 7.00. The van der Waals surface area contributed by atoms with Gasteiger partial charge in [0.05, 0.1) is 56.2 Å². The first-order valence-corrected chi connectivity index (χ1v) is 23.1. The van der Waals surface area contributed by atoms with Crippen LogP contribution >= 0.6 is 0 Å². The zero-order valence-electron chi connectivity index (χ0n) is 38.8. The molecule has 6 heterocycles. The average Bonchev–Trinajstić information content (AvgIpc) is 3.74. The number of benzene rings is 7. The molecular weight excluding hydrogens is 763 g/mol. The molecule has 9 aromatic rings. The second-order valence-electron chi connectivity index (χ2n) is 23.2. The molecule has 310 valence electrons. The zero-order valence-corrected chi connectivity index (χ0v) is 38.8. The third kappa shape index (κ3) is 4.68. The Labute approximate surface area is 371 Å². The van der Waals surface area contributed by atoms with Crippen LogP contribution in [-0.2, 0) is 21.7 Å². The van der Waals surface area contributed by atoms with Crippen molar-refractivity contribution in [2.24, 2.45) is 0 Å². The molecule has 0 fully saturated rings. The maximum Gasteiger partial charge on any atom is 0.252 e. The van der Waals surface area contributed by atoms with E-state index in [1.165, 1.54) is 128 Å². The van der Waals surface area contributed by atoms with Gasteiger partial charge in [0.2, 0.25) is 0 Å². The summed E-state index contributed by atoms with van der Waals surface area (Å²) >= 11 is 0. The fourth-order valence-electron chi connectivity index (χ4n) is 11.8. The van der Waals surface area contributed by atoms with Crippen molar-refractivity contribution in [1.29, 1.82) is 0 Å². The van der Waals surface area contributed by atoms with Crippen molar-refractivity contribution in [3.05, 3.63) is 138 Å². The average molecular weight is 819 g/mol. The molecule has 4 aliphatic heterocycles. The third-order valence-electron chi connectivity index (χ3n) is 15.1. The molecule has 0 amide bonds. The number of hydrogen-bond acceptors (Lipinski definition) is 2. The highest BCUT2D eigenvalue weighted by atomic mass is 15.3. The van der Waals surface area contributed by atoms with Crippen molar-refractivity contribution in [3.8, 4) is 11.4 Å². The molecule has 13 rings (SSSR count). The Morgan fingerprint density at radius 2 is 0.714 bits per heavy atom. The van der Waals surface area contributed by atoms with E-state index < -0.39 is 0 Å². The standard InChI is InChI=1S/C58H55BN4/c1-55(2,3)32-22-24-42-36(26-32)38-28-34(57(7,8)9)30-48-51(38)60(42)46-20-13-16-40-53(46)62(48)44-18-15-19-45-50(44)59(40)41-17-14-21-47-54(41)63(45)49-31-35(58(10,11)12)29-39-37-27-33(56(4,5)6)23-25-43(37)61(47)52(39)49/h13-31H,1-12H3. The van der Waals surface area contributed by atoms with Crippen molar-refractivity contribution in [1.82, 2.24) is 9.13 Å². The van der Waals surface area contributed by atoms with Crippen LogP contribution < -0.4 is 26.2 Å². The van der Waals surface area contributed by atoms with Crippen LogP contribution in [0.5, 0.6) is 0 Å². The van der Waals surface area contributed by atoms with Gasteiger partial charge in [-0.3, -0.25) is 0 Å². The Kier molecular flexibility index (Phi) is 6.81. The predicted molar refractivity (Wildman–Crippen MR) is 271 cm³/mol. The minimum absolute atomic E-state index is 0.0352. The number of nitrogens with zero attached hydrogens (tertiary/aromatic N) is 4. The van der Waals surface area contributed by atoms with Gasteiger partial charge >= 0.3 is 0 Å². The summed E-state index contributed by atoms with van der Waals surface area (Å²) in [5.74, 6) is 0.